The van der Waals surface area contributed by atoms with Gasteiger partial charge in [-0.15, -0.1) is 0 Å². The maximum absolute atomic E-state index is 14.4. The van der Waals surface area contributed by atoms with Crippen LogP contribution in [0.3, 0.4) is 0 Å². The van der Waals surface area contributed by atoms with Crippen LogP contribution in [0.2, 0.25) is 0 Å². The average molecular weight is 1010 g/mol. The highest BCUT2D eigenvalue weighted by Crippen LogP contribution is 2.80. The van der Waals surface area contributed by atoms with Gasteiger partial charge in [0.2, 0.25) is 0 Å². The van der Waals surface area contributed by atoms with Crippen molar-refractivity contribution in [3.05, 3.63) is 0 Å². The van der Waals surface area contributed by atoms with E-state index < -0.39 is 140 Å². The Labute approximate surface area is 415 Å². The maximum atomic E-state index is 14.4. The Morgan fingerprint density at radius 2 is 1.24 bits per heavy atom. The van der Waals surface area contributed by atoms with Crippen LogP contribution in [0.25, 0.3) is 0 Å². The van der Waals surface area contributed by atoms with Gasteiger partial charge < -0.3 is 83.5 Å². The van der Waals surface area contributed by atoms with E-state index >= 15 is 0 Å². The Morgan fingerprint density at radius 3 is 1.93 bits per heavy atom. The number of hydrogen-bond acceptors (Lipinski definition) is 20. The zero-order valence-corrected chi connectivity index (χ0v) is 42.5. The molecule has 0 aromatic carbocycles. The van der Waals surface area contributed by atoms with Crippen LogP contribution in [0.4, 0.5) is 0 Å². The van der Waals surface area contributed by atoms with Crippen molar-refractivity contribution in [2.75, 3.05) is 26.4 Å². The Kier molecular flexibility index (Phi) is 14.2. The first-order valence-corrected chi connectivity index (χ1v) is 26.0. The molecule has 20 heteroatoms. The Hall–Kier alpha value is -2.15. The van der Waals surface area contributed by atoms with Crippen molar-refractivity contribution in [3.8, 4) is 0 Å². The average Bonchev–Trinajstić information content (AvgIpc) is 3.75. The molecule has 8 N–H and O–H groups in total. The minimum absolute atomic E-state index is 0.0239. The summed E-state index contributed by atoms with van der Waals surface area (Å²) in [5.74, 6) is -1.35. The molecule has 0 radical (unpaired) electrons. The van der Waals surface area contributed by atoms with E-state index in [4.69, 9.17) is 42.6 Å². The van der Waals surface area contributed by atoms with Crippen LogP contribution in [-0.4, -0.2) is 182 Å². The molecule has 24 atom stereocenters. The summed E-state index contributed by atoms with van der Waals surface area (Å²) in [7, 11) is 0. The molecule has 9 rings (SSSR count). The molecule has 2 bridgehead atoms. The Bertz CT molecular complexity index is 2000. The van der Waals surface area contributed by atoms with E-state index in [2.05, 4.69) is 27.7 Å². The van der Waals surface area contributed by atoms with Crippen LogP contribution in [0, 0.1) is 50.7 Å². The summed E-state index contributed by atoms with van der Waals surface area (Å²) >= 11 is 0. The number of aliphatic hydroxyl groups is 8. The molecule has 9 fully saturated rings. The fourth-order valence-corrected chi connectivity index (χ4v) is 17.1. The summed E-state index contributed by atoms with van der Waals surface area (Å²) in [5.41, 5.74) is -3.77. The van der Waals surface area contributed by atoms with Gasteiger partial charge in [-0.2, -0.15) is 0 Å². The molecule has 0 spiro atoms. The summed E-state index contributed by atoms with van der Waals surface area (Å²) in [6, 6.07) is 0. The first-order valence-electron chi connectivity index (χ1n) is 26.0. The molecule has 0 unspecified atom stereocenters. The molecule has 71 heavy (non-hydrogen) atoms. The second-order valence-corrected chi connectivity index (χ2v) is 24.5. The van der Waals surface area contributed by atoms with Crippen molar-refractivity contribution in [1.82, 2.24) is 0 Å². The van der Waals surface area contributed by atoms with Crippen molar-refractivity contribution >= 4 is 17.9 Å². The largest absolute Gasteiger partial charge is 0.463 e. The molecule has 20 nitrogen and oxygen atoms in total. The highest BCUT2D eigenvalue weighted by Gasteiger charge is 2.81. The molecule has 0 aromatic rings. The molecule has 404 valence electrons. The lowest BCUT2D eigenvalue weighted by Gasteiger charge is -2.74. The van der Waals surface area contributed by atoms with E-state index in [1.165, 1.54) is 6.92 Å². The summed E-state index contributed by atoms with van der Waals surface area (Å²) < 4.78 is 53.5. The number of carbonyl (C=O) groups is 3. The number of esters is 3. The minimum atomic E-state index is -1.80. The lowest BCUT2D eigenvalue weighted by atomic mass is 9.31. The molecule has 5 saturated carbocycles. The van der Waals surface area contributed by atoms with Crippen LogP contribution < -0.4 is 0 Å². The fourth-order valence-electron chi connectivity index (χ4n) is 17.1. The Morgan fingerprint density at radius 1 is 0.606 bits per heavy atom. The predicted octanol–water partition coefficient (Wildman–Crippen LogP) is 1.13. The zero-order valence-electron chi connectivity index (χ0n) is 42.5. The third-order valence-corrected chi connectivity index (χ3v) is 20.6. The van der Waals surface area contributed by atoms with Crippen LogP contribution in [0.5, 0.6) is 0 Å². The molecule has 5 aliphatic carbocycles. The number of aliphatic hydroxyl groups excluding tert-OH is 7. The van der Waals surface area contributed by atoms with E-state index in [0.717, 1.165) is 64.7 Å². The molecule has 4 aliphatic heterocycles. The standard InChI is InChI=1S/C51H80O20/c1-24(53)63-21-28-35(57)39(66-25(2)54)43(69-28)70-40-37(59)34(56)27(22-64-41-38(60)36(58)33(55)26(20-52)67-41)68-42(40)65-23-46(5)14-9-15-47(6)30(46)12-16-48(7)31(47)10-11-32-49(48,8)18-19-51(62)29-13-17-50(32,51)44(61)71-45(29,3)4/h26-43,52,55-60,62H,9-23H2,1-8H3/t26-,27-,28+,29-,30+,31-,32+,33-,34-,35+,36+,37+,38-,39-,40-,41-,42-,43+,46-,47+,48-,49-,50-,51-/m1/s1. The number of cyclic esters (lactones) is 1. The molecule has 0 amide bonds. The second kappa shape index (κ2) is 18.8. The zero-order chi connectivity index (χ0) is 51.6. The fraction of sp³-hybridized carbons (Fsp3) is 0.941. The number of rotatable bonds is 12. The summed E-state index contributed by atoms with van der Waals surface area (Å²) in [5, 5.41) is 88.6. The van der Waals surface area contributed by atoms with Gasteiger partial charge >= 0.3 is 17.9 Å². The lowest BCUT2D eigenvalue weighted by Crippen LogP contribution is -2.74. The van der Waals surface area contributed by atoms with Gasteiger partial charge in [0.25, 0.3) is 0 Å². The number of carbonyl (C=O) groups excluding carboxylic acids is 3. The van der Waals surface area contributed by atoms with E-state index in [0.29, 0.717) is 12.8 Å². The number of fused-ring (bicyclic) bond motifs is 5. The van der Waals surface area contributed by atoms with E-state index in [9.17, 15) is 55.2 Å². The van der Waals surface area contributed by atoms with E-state index in [1.54, 1.807) is 0 Å². The van der Waals surface area contributed by atoms with Gasteiger partial charge in [-0.05, 0) is 117 Å². The smallest absolute Gasteiger partial charge is 0.315 e. The highest BCUT2D eigenvalue weighted by molar-refractivity contribution is 5.82. The lowest BCUT2D eigenvalue weighted by molar-refractivity contribution is -0.355. The van der Waals surface area contributed by atoms with E-state index in [-0.39, 0.29) is 52.5 Å². The second-order valence-electron chi connectivity index (χ2n) is 24.5. The van der Waals surface area contributed by atoms with Gasteiger partial charge in [0, 0.05) is 19.8 Å². The van der Waals surface area contributed by atoms with Crippen LogP contribution >= 0.6 is 0 Å². The summed E-state index contributed by atoms with van der Waals surface area (Å²) in [6.45, 7) is 14.1. The first kappa shape index (κ1) is 53.7. The van der Waals surface area contributed by atoms with Crippen molar-refractivity contribution in [1.29, 1.82) is 0 Å². The molecule has 9 aliphatic rings. The van der Waals surface area contributed by atoms with Crippen LogP contribution in [0.15, 0.2) is 0 Å². The van der Waals surface area contributed by atoms with Crippen molar-refractivity contribution in [3.63, 3.8) is 0 Å². The Balaban J connectivity index is 0.967. The maximum Gasteiger partial charge on any atom is 0.315 e. The van der Waals surface area contributed by atoms with Gasteiger partial charge in [-0.3, -0.25) is 14.4 Å². The van der Waals surface area contributed by atoms with E-state index in [1.807, 2.05) is 13.8 Å². The quantitative estimate of drug-likeness (QED) is 0.100. The number of ether oxygens (including phenoxy) is 9. The van der Waals surface area contributed by atoms with Gasteiger partial charge in [0.05, 0.1) is 25.4 Å². The third kappa shape index (κ3) is 8.25. The first-order chi connectivity index (χ1) is 33.2. The monoisotopic (exact) mass is 1010 g/mol. The summed E-state index contributed by atoms with van der Waals surface area (Å²) in [4.78, 5) is 38.4. The minimum Gasteiger partial charge on any atom is -0.463 e. The van der Waals surface area contributed by atoms with Gasteiger partial charge in [-0.25, -0.2) is 0 Å². The van der Waals surface area contributed by atoms with Crippen LogP contribution in [-0.2, 0) is 57.0 Å². The molecule has 0 aromatic heterocycles. The molecule has 4 saturated heterocycles. The molecular weight excluding hydrogens is 933 g/mol. The summed E-state index contributed by atoms with van der Waals surface area (Å²) in [6.07, 6.45) is -12.7. The normalized spacial score (nSPS) is 53.1. The van der Waals surface area contributed by atoms with Gasteiger partial charge in [0.1, 0.15) is 78.7 Å². The van der Waals surface area contributed by atoms with Crippen molar-refractivity contribution in [2.24, 2.45) is 50.7 Å². The van der Waals surface area contributed by atoms with Crippen molar-refractivity contribution in [2.45, 2.75) is 223 Å². The highest BCUT2D eigenvalue weighted by atomic mass is 16.8. The third-order valence-electron chi connectivity index (χ3n) is 20.6. The SMILES string of the molecule is CC(=O)OC[C@@H]1O[C@@H](O[C@H]2[C@H](OC[C@@]3(C)CCC[C@]4(C)[C@H]5CC[C@@H]6[C@]78CC[C@H](C(C)(C)OC7=O)[C@]8(O)CC[C@@]6(C)[C@]5(C)CC[C@@H]34)O[C@H](CO[C@@H]3O[C@H](CO)[C@@H](O)[C@H](O)[C@H]3O)[C@@H](O)[C@@H]2O)[C@H](OC(C)=O)[C@H]1O. The van der Waals surface area contributed by atoms with Gasteiger partial charge in [-0.1, -0.05) is 34.1 Å². The van der Waals surface area contributed by atoms with Crippen molar-refractivity contribution < 1.29 is 97.9 Å². The number of hydrogen-bond donors (Lipinski definition) is 8. The van der Waals surface area contributed by atoms with Gasteiger partial charge in [0.15, 0.2) is 25.0 Å². The predicted molar refractivity (Wildman–Crippen MR) is 243 cm³/mol. The van der Waals surface area contributed by atoms with Crippen LogP contribution in [0.1, 0.15) is 126 Å². The topological polar surface area (TPSA) is 296 Å². The molecule has 4 heterocycles. The molecular formula is C51H80O20.